The predicted molar refractivity (Wildman–Crippen MR) is 80.4 cm³/mol. The quantitative estimate of drug-likeness (QED) is 0.898. The maximum Gasteiger partial charge on any atom is 0.160 e. The second kappa shape index (κ2) is 6.19. The zero-order valence-electron chi connectivity index (χ0n) is 13.2. The molecular formula is C16H27N3O. The van der Waals surface area contributed by atoms with Gasteiger partial charge in [-0.2, -0.15) is 0 Å². The first kappa shape index (κ1) is 15.4. The Morgan fingerprint density at radius 1 is 1.30 bits per heavy atom. The van der Waals surface area contributed by atoms with Gasteiger partial charge in [-0.25, -0.2) is 9.97 Å². The second-order valence-electron chi connectivity index (χ2n) is 6.61. The van der Waals surface area contributed by atoms with Crippen molar-refractivity contribution >= 4 is 0 Å². The molecule has 1 aliphatic carbocycles. The van der Waals surface area contributed by atoms with Crippen LogP contribution in [0.5, 0.6) is 0 Å². The minimum Gasteiger partial charge on any atom is -0.367 e. The summed E-state index contributed by atoms with van der Waals surface area (Å²) in [5.41, 5.74) is 0.888. The lowest BCUT2D eigenvalue weighted by atomic mass is 10.0. The SMILES string of the molecule is CCOC1(c2nccc(CNC(C)(C)C)n2)CCCC1. The van der Waals surface area contributed by atoms with Crippen LogP contribution < -0.4 is 5.32 Å². The van der Waals surface area contributed by atoms with E-state index < -0.39 is 0 Å². The maximum absolute atomic E-state index is 6.03. The van der Waals surface area contributed by atoms with E-state index in [1.165, 1.54) is 12.8 Å². The first-order valence-corrected chi connectivity index (χ1v) is 7.67. The molecule has 1 saturated carbocycles. The van der Waals surface area contributed by atoms with Crippen molar-refractivity contribution < 1.29 is 4.74 Å². The molecule has 1 aromatic rings. The van der Waals surface area contributed by atoms with E-state index in [0.29, 0.717) is 6.61 Å². The summed E-state index contributed by atoms with van der Waals surface area (Å²) in [6.45, 7) is 10.0. The summed E-state index contributed by atoms with van der Waals surface area (Å²) >= 11 is 0. The molecule has 0 saturated heterocycles. The summed E-state index contributed by atoms with van der Waals surface area (Å²) in [6, 6.07) is 1.98. The number of ether oxygens (including phenoxy) is 1. The first-order chi connectivity index (χ1) is 9.45. The third kappa shape index (κ3) is 3.76. The molecule has 112 valence electrons. The topological polar surface area (TPSA) is 47.0 Å². The molecule has 1 aliphatic rings. The molecule has 0 aliphatic heterocycles. The average molecular weight is 277 g/mol. The van der Waals surface area contributed by atoms with Crippen LogP contribution in [0.1, 0.15) is 64.9 Å². The van der Waals surface area contributed by atoms with E-state index in [9.17, 15) is 0 Å². The monoisotopic (exact) mass is 277 g/mol. The summed E-state index contributed by atoms with van der Waals surface area (Å²) in [5, 5.41) is 3.47. The van der Waals surface area contributed by atoms with Crippen LogP contribution in [0.3, 0.4) is 0 Å². The molecule has 2 rings (SSSR count). The van der Waals surface area contributed by atoms with Gasteiger partial charge in [-0.05, 0) is 59.4 Å². The van der Waals surface area contributed by atoms with E-state index in [2.05, 4.69) is 31.1 Å². The van der Waals surface area contributed by atoms with Gasteiger partial charge in [-0.3, -0.25) is 0 Å². The molecular weight excluding hydrogens is 250 g/mol. The highest BCUT2D eigenvalue weighted by Gasteiger charge is 2.39. The van der Waals surface area contributed by atoms with Gasteiger partial charge < -0.3 is 10.1 Å². The van der Waals surface area contributed by atoms with E-state index in [1.54, 1.807) is 0 Å². The highest BCUT2D eigenvalue weighted by atomic mass is 16.5. The van der Waals surface area contributed by atoms with Crippen LogP contribution in [0.15, 0.2) is 12.3 Å². The van der Waals surface area contributed by atoms with Crippen LogP contribution >= 0.6 is 0 Å². The van der Waals surface area contributed by atoms with Crippen LogP contribution in [0.2, 0.25) is 0 Å². The second-order valence-corrected chi connectivity index (χ2v) is 6.61. The van der Waals surface area contributed by atoms with Gasteiger partial charge in [-0.15, -0.1) is 0 Å². The molecule has 0 radical (unpaired) electrons. The summed E-state index contributed by atoms with van der Waals surface area (Å²) in [6.07, 6.45) is 6.34. The van der Waals surface area contributed by atoms with Gasteiger partial charge in [0.2, 0.25) is 0 Å². The zero-order chi connectivity index (χ0) is 14.6. The minimum atomic E-state index is -0.244. The Balaban J connectivity index is 2.15. The lowest BCUT2D eigenvalue weighted by molar-refractivity contribution is -0.0458. The van der Waals surface area contributed by atoms with Crippen molar-refractivity contribution in [3.05, 3.63) is 23.8 Å². The number of nitrogens with zero attached hydrogens (tertiary/aromatic N) is 2. The van der Waals surface area contributed by atoms with Gasteiger partial charge in [0.05, 0.1) is 5.69 Å². The minimum absolute atomic E-state index is 0.0933. The van der Waals surface area contributed by atoms with E-state index >= 15 is 0 Å². The first-order valence-electron chi connectivity index (χ1n) is 7.67. The molecule has 0 unspecified atom stereocenters. The molecule has 4 nitrogen and oxygen atoms in total. The molecule has 1 aromatic heterocycles. The lowest BCUT2D eigenvalue weighted by Crippen LogP contribution is -2.36. The molecule has 20 heavy (non-hydrogen) atoms. The molecule has 0 amide bonds. The van der Waals surface area contributed by atoms with Crippen molar-refractivity contribution in [1.82, 2.24) is 15.3 Å². The van der Waals surface area contributed by atoms with E-state index in [0.717, 1.165) is 30.9 Å². The largest absolute Gasteiger partial charge is 0.367 e. The standard InChI is InChI=1S/C16H27N3O/c1-5-20-16(9-6-7-10-16)14-17-11-8-13(19-14)12-18-15(2,3)4/h8,11,18H,5-7,9-10,12H2,1-4H3. The molecule has 1 fully saturated rings. The van der Waals surface area contributed by atoms with Crippen molar-refractivity contribution in [2.75, 3.05) is 6.61 Å². The van der Waals surface area contributed by atoms with Gasteiger partial charge in [0.15, 0.2) is 5.82 Å². The fraction of sp³-hybridized carbons (Fsp3) is 0.750. The van der Waals surface area contributed by atoms with Crippen LogP contribution in [-0.4, -0.2) is 22.1 Å². The Bertz CT molecular complexity index is 434. The summed E-state index contributed by atoms with van der Waals surface area (Å²) in [4.78, 5) is 9.24. The fourth-order valence-electron chi connectivity index (χ4n) is 2.72. The highest BCUT2D eigenvalue weighted by Crippen LogP contribution is 2.40. The van der Waals surface area contributed by atoms with Gasteiger partial charge in [-0.1, -0.05) is 0 Å². The smallest absolute Gasteiger partial charge is 0.160 e. The summed E-state index contributed by atoms with van der Waals surface area (Å²) in [7, 11) is 0. The number of hydrogen-bond donors (Lipinski definition) is 1. The Morgan fingerprint density at radius 2 is 2.00 bits per heavy atom. The predicted octanol–water partition coefficient (Wildman–Crippen LogP) is 3.17. The van der Waals surface area contributed by atoms with Crippen LogP contribution in [0, 0.1) is 0 Å². The van der Waals surface area contributed by atoms with Crippen molar-refractivity contribution in [2.45, 2.75) is 71.1 Å². The van der Waals surface area contributed by atoms with Gasteiger partial charge in [0.1, 0.15) is 5.60 Å². The summed E-state index contributed by atoms with van der Waals surface area (Å²) in [5.74, 6) is 0.866. The third-order valence-electron chi connectivity index (χ3n) is 3.75. The molecule has 0 aromatic carbocycles. The van der Waals surface area contributed by atoms with Crippen molar-refractivity contribution in [2.24, 2.45) is 0 Å². The molecule has 4 heteroatoms. The Hall–Kier alpha value is -1.00. The Morgan fingerprint density at radius 3 is 2.60 bits per heavy atom. The van der Waals surface area contributed by atoms with E-state index in [-0.39, 0.29) is 11.1 Å². The van der Waals surface area contributed by atoms with Crippen LogP contribution in [0.4, 0.5) is 0 Å². The number of rotatable bonds is 5. The van der Waals surface area contributed by atoms with Gasteiger partial charge >= 0.3 is 0 Å². The lowest BCUT2D eigenvalue weighted by Gasteiger charge is -2.27. The molecule has 0 spiro atoms. The van der Waals surface area contributed by atoms with Gasteiger partial charge in [0, 0.05) is 24.9 Å². The molecule has 0 atom stereocenters. The normalized spacial score (nSPS) is 18.4. The van der Waals surface area contributed by atoms with Crippen LogP contribution in [-0.2, 0) is 16.9 Å². The average Bonchev–Trinajstić information content (AvgIpc) is 2.86. The van der Waals surface area contributed by atoms with Gasteiger partial charge in [0.25, 0.3) is 0 Å². The molecule has 1 N–H and O–H groups in total. The van der Waals surface area contributed by atoms with Crippen molar-refractivity contribution in [3.63, 3.8) is 0 Å². The van der Waals surface area contributed by atoms with E-state index in [1.807, 2.05) is 19.2 Å². The Labute approximate surface area is 122 Å². The van der Waals surface area contributed by atoms with Crippen molar-refractivity contribution in [1.29, 1.82) is 0 Å². The highest BCUT2D eigenvalue weighted by molar-refractivity contribution is 5.10. The number of hydrogen-bond acceptors (Lipinski definition) is 4. The number of aromatic nitrogens is 2. The Kier molecular flexibility index (Phi) is 4.76. The zero-order valence-corrected chi connectivity index (χ0v) is 13.2. The molecule has 1 heterocycles. The molecule has 0 bridgehead atoms. The number of nitrogens with one attached hydrogen (secondary N) is 1. The van der Waals surface area contributed by atoms with Crippen molar-refractivity contribution in [3.8, 4) is 0 Å². The fourth-order valence-corrected chi connectivity index (χ4v) is 2.72. The van der Waals surface area contributed by atoms with E-state index in [4.69, 9.17) is 9.72 Å². The third-order valence-corrected chi connectivity index (χ3v) is 3.75. The maximum atomic E-state index is 6.03. The summed E-state index contributed by atoms with van der Waals surface area (Å²) < 4.78 is 6.03. The van der Waals surface area contributed by atoms with Crippen LogP contribution in [0.25, 0.3) is 0 Å².